The zero-order chi connectivity index (χ0) is 16.7. The fraction of sp³-hybridized carbons (Fsp3) is 0.529. The van der Waals surface area contributed by atoms with Crippen LogP contribution in [0.3, 0.4) is 0 Å². The fourth-order valence-corrected chi connectivity index (χ4v) is 2.65. The Labute approximate surface area is 155 Å². The second-order valence-electron chi connectivity index (χ2n) is 6.19. The second kappa shape index (κ2) is 10.6. The zero-order valence-electron chi connectivity index (χ0n) is 14.2. The van der Waals surface area contributed by atoms with Gasteiger partial charge in [-0.3, -0.25) is 9.69 Å². The number of halogens is 1. The molecule has 1 fully saturated rings. The van der Waals surface area contributed by atoms with E-state index in [0.29, 0.717) is 17.5 Å². The topological polar surface area (TPSA) is 53.6 Å². The second-order valence-corrected chi connectivity index (χ2v) is 6.59. The molecule has 0 saturated carbocycles. The molecule has 1 saturated heterocycles. The number of nitrogens with zero attached hydrogens (tertiary/aromatic N) is 1. The van der Waals surface area contributed by atoms with Gasteiger partial charge in [-0.25, -0.2) is 0 Å². The molecule has 2 N–H and O–H groups in total. The third-order valence-corrected chi connectivity index (χ3v) is 3.77. The average Bonchev–Trinajstić information content (AvgIpc) is 2.49. The molecule has 1 aliphatic rings. The van der Waals surface area contributed by atoms with Crippen molar-refractivity contribution in [2.75, 3.05) is 31.6 Å². The molecule has 7 heteroatoms. The van der Waals surface area contributed by atoms with Crippen molar-refractivity contribution in [1.82, 2.24) is 10.2 Å². The highest BCUT2D eigenvalue weighted by atomic mass is 35.5. The summed E-state index contributed by atoms with van der Waals surface area (Å²) in [7, 11) is 0. The van der Waals surface area contributed by atoms with E-state index in [1.165, 1.54) is 5.56 Å². The molecule has 0 spiro atoms. The van der Waals surface area contributed by atoms with Crippen LogP contribution in [0.4, 0.5) is 5.69 Å². The molecular formula is C17H26ClN3O2S. The predicted molar refractivity (Wildman–Crippen MR) is 104 cm³/mol. The Morgan fingerprint density at radius 3 is 2.46 bits per heavy atom. The number of hydrogen-bond donors (Lipinski definition) is 2. The van der Waals surface area contributed by atoms with Crippen LogP contribution in [0, 0.1) is 5.92 Å². The van der Waals surface area contributed by atoms with E-state index < -0.39 is 0 Å². The van der Waals surface area contributed by atoms with Crippen molar-refractivity contribution in [3.63, 3.8) is 0 Å². The van der Waals surface area contributed by atoms with Crippen LogP contribution < -0.4 is 10.6 Å². The summed E-state index contributed by atoms with van der Waals surface area (Å²) in [6.45, 7) is 8.51. The van der Waals surface area contributed by atoms with Crippen molar-refractivity contribution >= 4 is 41.3 Å². The number of thiocarbonyl (C=S) groups is 1. The number of morpholine rings is 1. The number of rotatable bonds is 5. The molecule has 1 heterocycles. The number of benzene rings is 1. The Balaban J connectivity index is 0.00000288. The molecule has 24 heavy (non-hydrogen) atoms. The number of ether oxygens (including phenoxy) is 1. The lowest BCUT2D eigenvalue weighted by molar-refractivity contribution is -0.120. The van der Waals surface area contributed by atoms with E-state index in [2.05, 4.69) is 27.7 Å². The van der Waals surface area contributed by atoms with Crippen LogP contribution in [-0.2, 0) is 16.1 Å². The summed E-state index contributed by atoms with van der Waals surface area (Å²) in [4.78, 5) is 14.1. The first-order chi connectivity index (χ1) is 11.0. The lowest BCUT2D eigenvalue weighted by Crippen LogP contribution is -2.35. The lowest BCUT2D eigenvalue weighted by Gasteiger charge is -2.26. The van der Waals surface area contributed by atoms with Gasteiger partial charge >= 0.3 is 0 Å². The van der Waals surface area contributed by atoms with Crippen molar-refractivity contribution in [2.45, 2.75) is 26.8 Å². The largest absolute Gasteiger partial charge is 0.379 e. The Bertz CT molecular complexity index is 531. The molecule has 134 valence electrons. The van der Waals surface area contributed by atoms with Crippen molar-refractivity contribution in [2.24, 2.45) is 5.92 Å². The summed E-state index contributed by atoms with van der Waals surface area (Å²) in [5, 5.41) is 6.09. The molecule has 0 aliphatic carbocycles. The van der Waals surface area contributed by atoms with E-state index in [-0.39, 0.29) is 18.3 Å². The summed E-state index contributed by atoms with van der Waals surface area (Å²) in [6.07, 6.45) is 0.473. The molecule has 1 aromatic rings. The van der Waals surface area contributed by atoms with Gasteiger partial charge in [0.15, 0.2) is 5.11 Å². The maximum atomic E-state index is 11.7. The number of carbonyl (C=O) groups is 1. The molecule has 0 unspecified atom stereocenters. The number of anilines is 1. The molecule has 0 bridgehead atoms. The number of carbonyl (C=O) groups excluding carboxylic acids is 1. The van der Waals surface area contributed by atoms with Gasteiger partial charge in [-0.1, -0.05) is 26.0 Å². The first kappa shape index (κ1) is 20.8. The third kappa shape index (κ3) is 7.57. The van der Waals surface area contributed by atoms with E-state index >= 15 is 0 Å². The van der Waals surface area contributed by atoms with Crippen LogP contribution in [0.5, 0.6) is 0 Å². The van der Waals surface area contributed by atoms with Crippen LogP contribution in [-0.4, -0.2) is 42.2 Å². The van der Waals surface area contributed by atoms with E-state index in [1.54, 1.807) is 0 Å². The summed E-state index contributed by atoms with van der Waals surface area (Å²) in [5.41, 5.74) is 2.14. The number of nitrogens with one attached hydrogen (secondary N) is 2. The monoisotopic (exact) mass is 371 g/mol. The lowest BCUT2D eigenvalue weighted by atomic mass is 10.1. The molecule has 1 amide bonds. The third-order valence-electron chi connectivity index (χ3n) is 3.57. The fourth-order valence-electron chi connectivity index (χ4n) is 2.42. The standard InChI is InChI=1S/C17H25N3O2S.ClH/c1-13(2)11-16(21)19-17(23)18-15-5-3-14(4-6-15)12-20-7-9-22-10-8-20;/h3-6,13H,7-12H2,1-2H3,(H2,18,19,21,23);1H. The van der Waals surface area contributed by atoms with Gasteiger partial charge in [-0.2, -0.15) is 0 Å². The van der Waals surface area contributed by atoms with Crippen molar-refractivity contribution in [3.8, 4) is 0 Å². The van der Waals surface area contributed by atoms with Crippen molar-refractivity contribution < 1.29 is 9.53 Å². The van der Waals surface area contributed by atoms with Crippen LogP contribution in [0.2, 0.25) is 0 Å². The molecule has 1 aromatic carbocycles. The van der Waals surface area contributed by atoms with Gasteiger partial charge in [0.1, 0.15) is 0 Å². The SMILES string of the molecule is CC(C)CC(=O)NC(=S)Nc1ccc(CN2CCOCC2)cc1.Cl. The van der Waals surface area contributed by atoms with Crippen LogP contribution in [0.25, 0.3) is 0 Å². The molecule has 1 aliphatic heterocycles. The average molecular weight is 372 g/mol. The quantitative estimate of drug-likeness (QED) is 0.779. The normalized spacial score (nSPS) is 14.8. The van der Waals surface area contributed by atoms with E-state index in [4.69, 9.17) is 17.0 Å². The van der Waals surface area contributed by atoms with Gasteiger partial charge in [0.25, 0.3) is 0 Å². The molecule has 2 rings (SSSR count). The van der Waals surface area contributed by atoms with Gasteiger partial charge in [-0.15, -0.1) is 12.4 Å². The minimum Gasteiger partial charge on any atom is -0.379 e. The highest BCUT2D eigenvalue weighted by Crippen LogP contribution is 2.12. The van der Waals surface area contributed by atoms with E-state index in [1.807, 2.05) is 26.0 Å². The van der Waals surface area contributed by atoms with Crippen LogP contribution in [0.15, 0.2) is 24.3 Å². The minimum absolute atomic E-state index is 0. The molecule has 5 nitrogen and oxygen atoms in total. The summed E-state index contributed by atoms with van der Waals surface area (Å²) in [5.74, 6) is 0.263. The van der Waals surface area contributed by atoms with Gasteiger partial charge in [0.2, 0.25) is 5.91 Å². The number of amides is 1. The molecule has 0 radical (unpaired) electrons. The highest BCUT2D eigenvalue weighted by molar-refractivity contribution is 7.80. The Kier molecular flexibility index (Phi) is 9.21. The van der Waals surface area contributed by atoms with E-state index in [0.717, 1.165) is 38.5 Å². The Morgan fingerprint density at radius 1 is 1.25 bits per heavy atom. The van der Waals surface area contributed by atoms with Crippen molar-refractivity contribution in [1.29, 1.82) is 0 Å². The summed E-state index contributed by atoms with van der Waals surface area (Å²) in [6, 6.07) is 8.13. The maximum Gasteiger partial charge on any atom is 0.226 e. The zero-order valence-corrected chi connectivity index (χ0v) is 15.8. The number of hydrogen-bond acceptors (Lipinski definition) is 4. The Morgan fingerprint density at radius 2 is 1.88 bits per heavy atom. The highest BCUT2D eigenvalue weighted by Gasteiger charge is 2.11. The summed E-state index contributed by atoms with van der Waals surface area (Å²) < 4.78 is 5.36. The maximum absolute atomic E-state index is 11.7. The van der Waals surface area contributed by atoms with Gasteiger partial charge < -0.3 is 15.4 Å². The van der Waals surface area contributed by atoms with Gasteiger partial charge in [0.05, 0.1) is 13.2 Å². The van der Waals surface area contributed by atoms with Gasteiger partial charge in [-0.05, 0) is 35.8 Å². The van der Waals surface area contributed by atoms with Crippen LogP contribution in [0.1, 0.15) is 25.8 Å². The van der Waals surface area contributed by atoms with Crippen LogP contribution >= 0.6 is 24.6 Å². The smallest absolute Gasteiger partial charge is 0.226 e. The molecular weight excluding hydrogens is 346 g/mol. The predicted octanol–water partition coefficient (Wildman–Crippen LogP) is 2.80. The molecule has 0 aromatic heterocycles. The van der Waals surface area contributed by atoms with Gasteiger partial charge in [0, 0.05) is 31.7 Å². The van der Waals surface area contributed by atoms with E-state index in [9.17, 15) is 4.79 Å². The van der Waals surface area contributed by atoms with Crippen molar-refractivity contribution in [3.05, 3.63) is 29.8 Å². The molecule has 0 atom stereocenters. The minimum atomic E-state index is -0.0542. The first-order valence-corrected chi connectivity index (χ1v) is 8.43. The Hall–Kier alpha value is -1.21. The summed E-state index contributed by atoms with van der Waals surface area (Å²) >= 11 is 5.16. The first-order valence-electron chi connectivity index (χ1n) is 8.03.